The third kappa shape index (κ3) is 3.75. The number of nitrogens with two attached hydrogens (primary N) is 1. The summed E-state index contributed by atoms with van der Waals surface area (Å²) in [6, 6.07) is 5.99. The van der Waals surface area contributed by atoms with Crippen LogP contribution in [-0.4, -0.2) is 23.5 Å². The van der Waals surface area contributed by atoms with Crippen LogP contribution in [0.4, 0.5) is 0 Å². The van der Waals surface area contributed by atoms with E-state index in [4.69, 9.17) is 17.3 Å². The van der Waals surface area contributed by atoms with Gasteiger partial charge in [0.2, 0.25) is 5.91 Å². The molecule has 1 amide bonds. The Kier molecular flexibility index (Phi) is 5.73. The lowest BCUT2D eigenvalue weighted by atomic mass is 10.1. The summed E-state index contributed by atoms with van der Waals surface area (Å²) in [7, 11) is 0. The van der Waals surface area contributed by atoms with E-state index in [2.05, 4.69) is 10.3 Å². The monoisotopic (exact) mass is 341 g/mol. The van der Waals surface area contributed by atoms with Crippen molar-refractivity contribution in [2.24, 2.45) is 11.7 Å². The van der Waals surface area contributed by atoms with Crippen LogP contribution in [0.3, 0.4) is 0 Å². The van der Waals surface area contributed by atoms with Gasteiger partial charge in [-0.3, -0.25) is 4.79 Å². The first-order valence-corrected chi connectivity index (χ1v) is 7.80. The minimum atomic E-state index is 0. The molecule has 0 aliphatic heterocycles. The molecule has 22 heavy (non-hydrogen) atoms. The van der Waals surface area contributed by atoms with Crippen LogP contribution in [0.1, 0.15) is 24.8 Å². The number of fused-ring (bicyclic) bond motifs is 1. The second kappa shape index (κ2) is 7.36. The number of hydrogen-bond donors (Lipinski definition) is 3. The number of nitrogens with one attached hydrogen (secondary N) is 2. The van der Waals surface area contributed by atoms with E-state index in [0.717, 1.165) is 41.6 Å². The van der Waals surface area contributed by atoms with Gasteiger partial charge in [0.1, 0.15) is 0 Å². The molecule has 3 rings (SSSR count). The fourth-order valence-corrected chi connectivity index (χ4v) is 3.25. The number of carbonyl (C=O) groups excluding carboxylic acids is 1. The summed E-state index contributed by atoms with van der Waals surface area (Å²) >= 11 is 6.04. The van der Waals surface area contributed by atoms with Crippen LogP contribution < -0.4 is 11.1 Å². The van der Waals surface area contributed by atoms with E-state index in [0.29, 0.717) is 6.54 Å². The Balaban J connectivity index is 0.00000176. The molecular weight excluding hydrogens is 321 g/mol. The quantitative estimate of drug-likeness (QED) is 0.799. The predicted molar refractivity (Wildman–Crippen MR) is 92.6 cm³/mol. The van der Waals surface area contributed by atoms with Gasteiger partial charge < -0.3 is 16.0 Å². The fourth-order valence-electron chi connectivity index (χ4n) is 3.08. The van der Waals surface area contributed by atoms with Gasteiger partial charge in [0.15, 0.2) is 0 Å². The molecule has 1 aromatic heterocycles. The van der Waals surface area contributed by atoms with Crippen LogP contribution in [0.15, 0.2) is 24.4 Å². The fraction of sp³-hybridized carbons (Fsp3) is 0.438. The molecule has 2 atom stereocenters. The van der Waals surface area contributed by atoms with Gasteiger partial charge >= 0.3 is 0 Å². The summed E-state index contributed by atoms with van der Waals surface area (Å²) in [5.41, 5.74) is 8.10. The molecule has 1 heterocycles. The Labute approximate surface area is 141 Å². The first-order chi connectivity index (χ1) is 10.1. The molecule has 2 aromatic rings. The summed E-state index contributed by atoms with van der Waals surface area (Å²) in [5.74, 6) is 0.234. The summed E-state index contributed by atoms with van der Waals surface area (Å²) < 4.78 is 0. The first-order valence-electron chi connectivity index (χ1n) is 7.42. The molecule has 1 aliphatic rings. The summed E-state index contributed by atoms with van der Waals surface area (Å²) in [6.45, 7) is 0.643. The molecule has 0 spiro atoms. The Morgan fingerprint density at radius 2 is 2.23 bits per heavy atom. The maximum absolute atomic E-state index is 12.0. The zero-order valence-corrected chi connectivity index (χ0v) is 13.8. The number of halogens is 2. The maximum Gasteiger partial charge on any atom is 0.223 e. The number of rotatable bonds is 4. The third-order valence-electron chi connectivity index (χ3n) is 4.27. The Bertz CT molecular complexity index is 656. The number of carbonyl (C=O) groups is 1. The zero-order chi connectivity index (χ0) is 14.8. The van der Waals surface area contributed by atoms with Gasteiger partial charge in [-0.1, -0.05) is 11.6 Å². The Morgan fingerprint density at radius 1 is 1.41 bits per heavy atom. The van der Waals surface area contributed by atoms with Crippen molar-refractivity contribution in [1.82, 2.24) is 10.3 Å². The van der Waals surface area contributed by atoms with Crippen LogP contribution in [0.5, 0.6) is 0 Å². The minimum Gasteiger partial charge on any atom is -0.361 e. The molecule has 1 aromatic carbocycles. The van der Waals surface area contributed by atoms with Crippen LogP contribution in [0, 0.1) is 5.92 Å². The van der Waals surface area contributed by atoms with Gasteiger partial charge in [-0.2, -0.15) is 0 Å². The van der Waals surface area contributed by atoms with Crippen molar-refractivity contribution < 1.29 is 4.79 Å². The number of aromatic nitrogens is 1. The van der Waals surface area contributed by atoms with Gasteiger partial charge in [-0.05, 0) is 49.4 Å². The lowest BCUT2D eigenvalue weighted by molar-refractivity contribution is -0.124. The van der Waals surface area contributed by atoms with Crippen molar-refractivity contribution in [2.75, 3.05) is 6.54 Å². The van der Waals surface area contributed by atoms with Crippen molar-refractivity contribution >= 4 is 40.8 Å². The van der Waals surface area contributed by atoms with E-state index in [9.17, 15) is 4.79 Å². The second-order valence-corrected chi connectivity index (χ2v) is 6.25. The lowest BCUT2D eigenvalue weighted by Crippen LogP contribution is -2.31. The highest BCUT2D eigenvalue weighted by molar-refractivity contribution is 6.31. The number of benzene rings is 1. The molecule has 1 fully saturated rings. The highest BCUT2D eigenvalue weighted by Crippen LogP contribution is 2.24. The molecule has 6 heteroatoms. The molecule has 4 N–H and O–H groups in total. The minimum absolute atomic E-state index is 0. The van der Waals surface area contributed by atoms with Gasteiger partial charge in [0.25, 0.3) is 0 Å². The average Bonchev–Trinajstić information content (AvgIpc) is 3.05. The predicted octanol–water partition coefficient (Wildman–Crippen LogP) is 3.03. The second-order valence-electron chi connectivity index (χ2n) is 5.81. The highest BCUT2D eigenvalue weighted by Gasteiger charge is 2.27. The van der Waals surface area contributed by atoms with Crippen LogP contribution in [-0.2, 0) is 11.2 Å². The van der Waals surface area contributed by atoms with E-state index in [1.165, 1.54) is 5.56 Å². The highest BCUT2D eigenvalue weighted by atomic mass is 35.5. The molecule has 0 bridgehead atoms. The molecule has 4 nitrogen and oxygen atoms in total. The summed E-state index contributed by atoms with van der Waals surface area (Å²) in [4.78, 5) is 15.3. The molecule has 0 radical (unpaired) electrons. The smallest absolute Gasteiger partial charge is 0.223 e. The Hall–Kier alpha value is -1.23. The van der Waals surface area contributed by atoms with Crippen molar-refractivity contribution in [2.45, 2.75) is 31.7 Å². The number of amides is 1. The molecule has 1 saturated carbocycles. The number of H-pyrrole nitrogens is 1. The van der Waals surface area contributed by atoms with Gasteiger partial charge in [0, 0.05) is 40.6 Å². The molecule has 0 saturated heterocycles. The van der Waals surface area contributed by atoms with Crippen molar-refractivity contribution in [3.05, 3.63) is 35.0 Å². The third-order valence-corrected chi connectivity index (χ3v) is 4.50. The molecule has 120 valence electrons. The summed E-state index contributed by atoms with van der Waals surface area (Å²) in [6.07, 6.45) is 5.47. The van der Waals surface area contributed by atoms with Crippen molar-refractivity contribution in [3.63, 3.8) is 0 Å². The van der Waals surface area contributed by atoms with Gasteiger partial charge in [-0.25, -0.2) is 0 Å². The standard InChI is InChI=1S/C16H20ClN3O.ClH/c17-12-2-4-15-14(8-12)11(9-20-15)5-6-19-16(21)10-1-3-13(18)7-10;/h2,4,8-10,13,20H,1,3,5-7,18H2,(H,19,21);1H. The van der Waals surface area contributed by atoms with E-state index in [1.807, 2.05) is 24.4 Å². The zero-order valence-electron chi connectivity index (χ0n) is 12.3. The van der Waals surface area contributed by atoms with Crippen LogP contribution in [0.2, 0.25) is 5.02 Å². The number of aromatic amines is 1. The van der Waals surface area contributed by atoms with Crippen molar-refractivity contribution in [3.8, 4) is 0 Å². The summed E-state index contributed by atoms with van der Waals surface area (Å²) in [5, 5.41) is 4.88. The first kappa shape index (κ1) is 17.1. The van der Waals surface area contributed by atoms with Crippen molar-refractivity contribution in [1.29, 1.82) is 0 Å². The van der Waals surface area contributed by atoms with E-state index in [-0.39, 0.29) is 30.3 Å². The molecule has 2 unspecified atom stereocenters. The van der Waals surface area contributed by atoms with Crippen LogP contribution in [0.25, 0.3) is 10.9 Å². The molecule has 1 aliphatic carbocycles. The molecular formula is C16H21Cl2N3O. The normalized spacial score (nSPS) is 20.8. The van der Waals surface area contributed by atoms with Gasteiger partial charge in [0.05, 0.1) is 0 Å². The van der Waals surface area contributed by atoms with Crippen LogP contribution >= 0.6 is 24.0 Å². The Morgan fingerprint density at radius 3 is 2.95 bits per heavy atom. The average molecular weight is 342 g/mol. The largest absolute Gasteiger partial charge is 0.361 e. The number of hydrogen-bond acceptors (Lipinski definition) is 2. The maximum atomic E-state index is 12.0. The van der Waals surface area contributed by atoms with E-state index in [1.54, 1.807) is 0 Å². The van der Waals surface area contributed by atoms with Gasteiger partial charge in [-0.15, -0.1) is 12.4 Å². The van der Waals surface area contributed by atoms with E-state index >= 15 is 0 Å². The lowest BCUT2D eigenvalue weighted by Gasteiger charge is -2.10. The topological polar surface area (TPSA) is 70.9 Å². The SMILES string of the molecule is Cl.NC1CCC(C(=O)NCCc2c[nH]c3ccc(Cl)cc23)C1. The van der Waals surface area contributed by atoms with E-state index < -0.39 is 0 Å².